The summed E-state index contributed by atoms with van der Waals surface area (Å²) in [5.41, 5.74) is 0.806. The molecule has 22 heavy (non-hydrogen) atoms. The molecule has 116 valence electrons. The van der Waals surface area contributed by atoms with Gasteiger partial charge in [0.15, 0.2) is 5.16 Å². The Morgan fingerprint density at radius 2 is 2.23 bits per heavy atom. The normalized spacial score (nSPS) is 10.9. The molecule has 1 heterocycles. The first-order chi connectivity index (χ1) is 10.5. The zero-order valence-electron chi connectivity index (χ0n) is 11.9. The summed E-state index contributed by atoms with van der Waals surface area (Å²) in [5, 5.41) is 8.60. The number of imidazole rings is 1. The van der Waals surface area contributed by atoms with Gasteiger partial charge in [0.25, 0.3) is 0 Å². The van der Waals surface area contributed by atoms with Crippen LogP contribution in [0.5, 0.6) is 0 Å². The van der Waals surface area contributed by atoms with Crippen LogP contribution >= 0.6 is 11.8 Å². The highest BCUT2D eigenvalue weighted by Crippen LogP contribution is 2.29. The van der Waals surface area contributed by atoms with E-state index in [2.05, 4.69) is 4.98 Å². The molecule has 0 spiro atoms. The SMILES string of the molecule is CN(CCC#N)C(=O)CSc1nc2ccccc2n1C(F)F. The van der Waals surface area contributed by atoms with Crippen molar-refractivity contribution in [2.45, 2.75) is 18.1 Å². The molecular formula is C14H14F2N4OS. The van der Waals surface area contributed by atoms with Crippen molar-refractivity contribution in [2.24, 2.45) is 0 Å². The highest BCUT2D eigenvalue weighted by Gasteiger charge is 2.19. The van der Waals surface area contributed by atoms with Crippen LogP contribution in [0.1, 0.15) is 13.0 Å². The van der Waals surface area contributed by atoms with Crippen LogP contribution in [-0.4, -0.2) is 39.7 Å². The van der Waals surface area contributed by atoms with Gasteiger partial charge in [-0.25, -0.2) is 4.98 Å². The number of halogens is 2. The zero-order valence-corrected chi connectivity index (χ0v) is 12.7. The van der Waals surface area contributed by atoms with Gasteiger partial charge < -0.3 is 4.90 Å². The maximum atomic E-state index is 13.2. The number of fused-ring (bicyclic) bond motifs is 1. The molecule has 2 aromatic rings. The van der Waals surface area contributed by atoms with Gasteiger partial charge in [-0.3, -0.25) is 9.36 Å². The van der Waals surface area contributed by atoms with E-state index in [0.717, 1.165) is 16.3 Å². The van der Waals surface area contributed by atoms with Crippen molar-refractivity contribution < 1.29 is 13.6 Å². The van der Waals surface area contributed by atoms with Gasteiger partial charge in [0.2, 0.25) is 5.91 Å². The number of rotatable bonds is 6. The lowest BCUT2D eigenvalue weighted by molar-refractivity contribution is -0.127. The molecule has 0 aliphatic heterocycles. The van der Waals surface area contributed by atoms with E-state index in [0.29, 0.717) is 17.6 Å². The van der Waals surface area contributed by atoms with Crippen molar-refractivity contribution in [3.8, 4) is 6.07 Å². The highest BCUT2D eigenvalue weighted by molar-refractivity contribution is 7.99. The number of aromatic nitrogens is 2. The van der Waals surface area contributed by atoms with Crippen molar-refractivity contribution in [2.75, 3.05) is 19.3 Å². The molecule has 5 nitrogen and oxygen atoms in total. The quantitative estimate of drug-likeness (QED) is 0.767. The van der Waals surface area contributed by atoms with Crippen molar-refractivity contribution in [3.05, 3.63) is 24.3 Å². The van der Waals surface area contributed by atoms with Gasteiger partial charge in [0, 0.05) is 13.6 Å². The molecule has 1 aromatic carbocycles. The number of para-hydroxylation sites is 2. The Hall–Kier alpha value is -2.14. The van der Waals surface area contributed by atoms with Gasteiger partial charge >= 0.3 is 6.55 Å². The van der Waals surface area contributed by atoms with Crippen LogP contribution in [0.3, 0.4) is 0 Å². The third-order valence-corrected chi connectivity index (χ3v) is 4.01. The maximum absolute atomic E-state index is 13.2. The van der Waals surface area contributed by atoms with E-state index in [1.807, 2.05) is 6.07 Å². The number of alkyl halides is 2. The third kappa shape index (κ3) is 3.54. The van der Waals surface area contributed by atoms with Crippen LogP contribution < -0.4 is 0 Å². The molecule has 0 fully saturated rings. The Morgan fingerprint density at radius 3 is 2.91 bits per heavy atom. The first kappa shape index (κ1) is 16.2. The lowest BCUT2D eigenvalue weighted by atomic mass is 10.3. The lowest BCUT2D eigenvalue weighted by Gasteiger charge is -2.15. The molecule has 0 radical (unpaired) electrons. The summed E-state index contributed by atoms with van der Waals surface area (Å²) in [4.78, 5) is 17.4. The Labute approximate surface area is 130 Å². The number of nitriles is 1. The van der Waals surface area contributed by atoms with E-state index in [-0.39, 0.29) is 23.2 Å². The van der Waals surface area contributed by atoms with Gasteiger partial charge in [-0.05, 0) is 12.1 Å². The molecule has 2 rings (SSSR count). The standard InChI is InChI=1S/C14H14F2N4OS/c1-19(8-4-7-17)12(21)9-22-14-18-10-5-2-3-6-11(10)20(14)13(15)16/h2-3,5-6,13H,4,8-9H2,1H3. The molecule has 0 saturated carbocycles. The average Bonchev–Trinajstić information content (AvgIpc) is 2.88. The summed E-state index contributed by atoms with van der Waals surface area (Å²) in [7, 11) is 1.58. The third-order valence-electron chi connectivity index (χ3n) is 3.07. The summed E-state index contributed by atoms with van der Waals surface area (Å²) in [6, 6.07) is 8.56. The van der Waals surface area contributed by atoms with E-state index >= 15 is 0 Å². The molecule has 0 aliphatic carbocycles. The van der Waals surface area contributed by atoms with Crippen LogP contribution in [-0.2, 0) is 4.79 Å². The fourth-order valence-electron chi connectivity index (χ4n) is 1.89. The molecular weight excluding hydrogens is 310 g/mol. The van der Waals surface area contributed by atoms with Crippen LogP contribution in [0.25, 0.3) is 11.0 Å². The number of thioether (sulfide) groups is 1. The second kappa shape index (κ2) is 7.22. The number of benzene rings is 1. The van der Waals surface area contributed by atoms with E-state index in [9.17, 15) is 13.6 Å². The maximum Gasteiger partial charge on any atom is 0.321 e. The summed E-state index contributed by atoms with van der Waals surface area (Å²) in [6.07, 6.45) is 0.239. The summed E-state index contributed by atoms with van der Waals surface area (Å²) in [5.74, 6) is -0.231. The predicted molar refractivity (Wildman–Crippen MR) is 79.6 cm³/mol. The van der Waals surface area contributed by atoms with Crippen molar-refractivity contribution in [3.63, 3.8) is 0 Å². The number of hydrogen-bond donors (Lipinski definition) is 0. The number of carbonyl (C=O) groups excluding carboxylic acids is 1. The van der Waals surface area contributed by atoms with Crippen molar-refractivity contribution in [1.82, 2.24) is 14.5 Å². The molecule has 0 N–H and O–H groups in total. The van der Waals surface area contributed by atoms with E-state index in [1.54, 1.807) is 31.3 Å². The first-order valence-electron chi connectivity index (χ1n) is 6.53. The summed E-state index contributed by atoms with van der Waals surface area (Å²) < 4.78 is 27.3. The van der Waals surface area contributed by atoms with Crippen LogP contribution in [0.4, 0.5) is 8.78 Å². The fraction of sp³-hybridized carbons (Fsp3) is 0.357. The van der Waals surface area contributed by atoms with Crippen molar-refractivity contribution >= 4 is 28.7 Å². The molecule has 0 atom stereocenters. The molecule has 0 aliphatic rings. The molecule has 8 heteroatoms. The Bertz CT molecular complexity index is 710. The van der Waals surface area contributed by atoms with Gasteiger partial charge in [-0.1, -0.05) is 23.9 Å². The fourth-order valence-corrected chi connectivity index (χ4v) is 2.84. The molecule has 0 unspecified atom stereocenters. The second-order valence-corrected chi connectivity index (χ2v) is 5.49. The van der Waals surface area contributed by atoms with Crippen LogP contribution in [0.2, 0.25) is 0 Å². The minimum absolute atomic E-state index is 0.00201. The predicted octanol–water partition coefficient (Wildman–Crippen LogP) is 2.90. The Kier molecular flexibility index (Phi) is 5.33. The minimum atomic E-state index is -2.72. The van der Waals surface area contributed by atoms with Gasteiger partial charge in [0.05, 0.1) is 29.3 Å². The van der Waals surface area contributed by atoms with Gasteiger partial charge in [-0.15, -0.1) is 0 Å². The van der Waals surface area contributed by atoms with Gasteiger partial charge in [-0.2, -0.15) is 14.0 Å². The van der Waals surface area contributed by atoms with E-state index in [1.165, 1.54) is 4.90 Å². The summed E-state index contributed by atoms with van der Waals surface area (Å²) in [6.45, 7) is -2.40. The number of amides is 1. The number of nitrogens with zero attached hydrogens (tertiary/aromatic N) is 4. The second-order valence-electron chi connectivity index (χ2n) is 4.54. The van der Waals surface area contributed by atoms with E-state index < -0.39 is 6.55 Å². The van der Waals surface area contributed by atoms with E-state index in [4.69, 9.17) is 5.26 Å². The van der Waals surface area contributed by atoms with Crippen molar-refractivity contribution in [1.29, 1.82) is 5.26 Å². The summed E-state index contributed by atoms with van der Waals surface area (Å²) >= 11 is 0.969. The molecule has 1 amide bonds. The average molecular weight is 324 g/mol. The largest absolute Gasteiger partial charge is 0.344 e. The minimum Gasteiger partial charge on any atom is -0.344 e. The molecule has 0 bridgehead atoms. The highest BCUT2D eigenvalue weighted by atomic mass is 32.2. The monoisotopic (exact) mass is 324 g/mol. The molecule has 0 saturated heterocycles. The van der Waals surface area contributed by atoms with Gasteiger partial charge in [0.1, 0.15) is 0 Å². The van der Waals surface area contributed by atoms with Crippen LogP contribution in [0, 0.1) is 11.3 Å². The van der Waals surface area contributed by atoms with Crippen LogP contribution in [0.15, 0.2) is 29.4 Å². The Balaban J connectivity index is 2.13. The zero-order chi connectivity index (χ0) is 16.1. The first-order valence-corrected chi connectivity index (χ1v) is 7.52. The Morgan fingerprint density at radius 1 is 1.50 bits per heavy atom. The topological polar surface area (TPSA) is 61.9 Å². The lowest BCUT2D eigenvalue weighted by Crippen LogP contribution is -2.29. The molecule has 1 aromatic heterocycles. The number of carbonyl (C=O) groups is 1. The smallest absolute Gasteiger partial charge is 0.321 e. The number of hydrogen-bond acceptors (Lipinski definition) is 4.